The number of benzene rings is 1. The first-order chi connectivity index (χ1) is 12.7. The number of alkyl carbamates (subject to hydrolysis) is 1. The van der Waals surface area contributed by atoms with Crippen molar-refractivity contribution in [1.29, 1.82) is 0 Å². The molecule has 27 heavy (non-hydrogen) atoms. The summed E-state index contributed by atoms with van der Waals surface area (Å²) in [5.41, 5.74) is -0.596. The number of nitrogens with zero attached hydrogens (tertiary/aromatic N) is 1. The fourth-order valence-corrected chi connectivity index (χ4v) is 2.00. The van der Waals surface area contributed by atoms with Crippen molar-refractivity contribution >= 4 is 17.9 Å². The number of non-ortho nitro benzene ring substituents is 1. The largest absolute Gasteiger partial charge is 0.513 e. The Hall–Kier alpha value is -2.84. The quantitative estimate of drug-likeness (QED) is 0.224. The van der Waals surface area contributed by atoms with Crippen molar-refractivity contribution in [2.75, 3.05) is 13.2 Å². The van der Waals surface area contributed by atoms with E-state index in [2.05, 4.69) is 5.32 Å². The molecule has 0 saturated heterocycles. The lowest BCUT2D eigenvalue weighted by Gasteiger charge is -2.19. The standard InChI is InChI=1S/C18H26N2O7/c1-18(2,3)27-16(21)19-12-6-4-5-7-13-25-17(22)26-15-10-8-14(9-11-15)20(23)24/h8-11H,4-7,12-13H2,1-3H3,(H,19,21). The van der Waals surface area contributed by atoms with Gasteiger partial charge in [0.15, 0.2) is 0 Å². The third-order valence-corrected chi connectivity index (χ3v) is 3.21. The summed E-state index contributed by atoms with van der Waals surface area (Å²) in [6.45, 7) is 6.15. The zero-order valence-corrected chi connectivity index (χ0v) is 15.9. The summed E-state index contributed by atoms with van der Waals surface area (Å²) in [6, 6.07) is 5.15. The van der Waals surface area contributed by atoms with Gasteiger partial charge in [0.2, 0.25) is 0 Å². The number of nitro groups is 1. The van der Waals surface area contributed by atoms with Gasteiger partial charge in [0, 0.05) is 18.7 Å². The molecule has 1 aromatic rings. The number of rotatable bonds is 9. The fourth-order valence-electron chi connectivity index (χ4n) is 2.00. The maximum absolute atomic E-state index is 11.5. The van der Waals surface area contributed by atoms with Crippen molar-refractivity contribution in [2.45, 2.75) is 52.1 Å². The van der Waals surface area contributed by atoms with Crippen LogP contribution in [0.4, 0.5) is 15.3 Å². The summed E-state index contributed by atoms with van der Waals surface area (Å²) in [4.78, 5) is 32.9. The second kappa shape index (κ2) is 11.0. The summed E-state index contributed by atoms with van der Waals surface area (Å²) >= 11 is 0. The molecule has 0 atom stereocenters. The molecule has 0 saturated carbocycles. The first-order valence-electron chi connectivity index (χ1n) is 8.73. The van der Waals surface area contributed by atoms with Crippen LogP contribution in [0.25, 0.3) is 0 Å². The molecular weight excluding hydrogens is 356 g/mol. The molecule has 0 aliphatic rings. The molecule has 0 bridgehead atoms. The zero-order valence-electron chi connectivity index (χ0n) is 15.9. The van der Waals surface area contributed by atoms with E-state index in [0.29, 0.717) is 13.0 Å². The molecular formula is C18H26N2O7. The Kier molecular flexibility index (Phi) is 9.04. The minimum Gasteiger partial charge on any atom is -0.444 e. The Labute approximate surface area is 158 Å². The first kappa shape index (κ1) is 22.2. The number of unbranched alkanes of at least 4 members (excludes halogenated alkanes) is 3. The zero-order chi connectivity index (χ0) is 20.3. The first-order valence-corrected chi connectivity index (χ1v) is 8.73. The van der Waals surface area contributed by atoms with Gasteiger partial charge < -0.3 is 19.5 Å². The highest BCUT2D eigenvalue weighted by Crippen LogP contribution is 2.17. The lowest BCUT2D eigenvalue weighted by molar-refractivity contribution is -0.384. The molecule has 0 aliphatic heterocycles. The third kappa shape index (κ3) is 10.7. The number of hydrogen-bond acceptors (Lipinski definition) is 7. The van der Waals surface area contributed by atoms with Crippen molar-refractivity contribution < 1.29 is 28.7 Å². The van der Waals surface area contributed by atoms with E-state index >= 15 is 0 Å². The Morgan fingerprint density at radius 3 is 2.30 bits per heavy atom. The number of hydrogen-bond donors (Lipinski definition) is 1. The van der Waals surface area contributed by atoms with Gasteiger partial charge in [-0.2, -0.15) is 0 Å². The van der Waals surface area contributed by atoms with Crippen molar-refractivity contribution in [3.05, 3.63) is 34.4 Å². The van der Waals surface area contributed by atoms with E-state index < -0.39 is 22.8 Å². The highest BCUT2D eigenvalue weighted by molar-refractivity contribution is 5.67. The Morgan fingerprint density at radius 1 is 1.07 bits per heavy atom. The van der Waals surface area contributed by atoms with E-state index in [1.165, 1.54) is 24.3 Å². The number of nitro benzene ring substituents is 1. The second-order valence-corrected chi connectivity index (χ2v) is 6.79. The van der Waals surface area contributed by atoms with Crippen LogP contribution in [-0.4, -0.2) is 35.9 Å². The van der Waals surface area contributed by atoms with Gasteiger partial charge in [-0.15, -0.1) is 0 Å². The number of carbonyl (C=O) groups excluding carboxylic acids is 2. The van der Waals surface area contributed by atoms with E-state index in [0.717, 1.165) is 19.3 Å². The number of carbonyl (C=O) groups is 2. The van der Waals surface area contributed by atoms with Gasteiger partial charge in [-0.05, 0) is 52.2 Å². The van der Waals surface area contributed by atoms with E-state index in [9.17, 15) is 19.7 Å². The Bertz CT molecular complexity index is 624. The van der Waals surface area contributed by atoms with E-state index in [1.807, 2.05) is 0 Å². The average molecular weight is 382 g/mol. The molecule has 0 heterocycles. The normalized spacial score (nSPS) is 10.8. The molecule has 0 radical (unpaired) electrons. The minimum atomic E-state index is -0.851. The number of ether oxygens (including phenoxy) is 3. The lowest BCUT2D eigenvalue weighted by atomic mass is 10.2. The van der Waals surface area contributed by atoms with Gasteiger partial charge in [-0.25, -0.2) is 9.59 Å². The molecule has 1 rings (SSSR count). The van der Waals surface area contributed by atoms with Crippen LogP contribution in [-0.2, 0) is 9.47 Å². The summed E-state index contributed by atoms with van der Waals surface area (Å²) in [6.07, 6.45) is 1.89. The SMILES string of the molecule is CC(C)(C)OC(=O)NCCCCCCOC(=O)Oc1ccc([N+](=O)[O-])cc1. The molecule has 0 fully saturated rings. The lowest BCUT2D eigenvalue weighted by Crippen LogP contribution is -2.32. The minimum absolute atomic E-state index is 0.0862. The van der Waals surface area contributed by atoms with Crippen LogP contribution in [0.2, 0.25) is 0 Å². The molecule has 9 heteroatoms. The van der Waals surface area contributed by atoms with Gasteiger partial charge in [0.25, 0.3) is 5.69 Å². The van der Waals surface area contributed by atoms with Crippen LogP contribution < -0.4 is 10.1 Å². The fraction of sp³-hybridized carbons (Fsp3) is 0.556. The van der Waals surface area contributed by atoms with Gasteiger partial charge in [-0.3, -0.25) is 10.1 Å². The molecule has 0 spiro atoms. The predicted octanol–water partition coefficient (Wildman–Crippen LogP) is 4.20. The van der Waals surface area contributed by atoms with Crippen molar-refractivity contribution in [1.82, 2.24) is 5.32 Å². The number of amides is 1. The molecule has 1 aromatic carbocycles. The smallest absolute Gasteiger partial charge is 0.444 e. The van der Waals surface area contributed by atoms with Crippen molar-refractivity contribution in [3.63, 3.8) is 0 Å². The van der Waals surface area contributed by atoms with Crippen LogP contribution in [0.5, 0.6) is 5.75 Å². The molecule has 0 aliphatic carbocycles. The Morgan fingerprint density at radius 2 is 1.70 bits per heavy atom. The van der Waals surface area contributed by atoms with Crippen molar-refractivity contribution in [3.8, 4) is 5.75 Å². The molecule has 1 N–H and O–H groups in total. The highest BCUT2D eigenvalue weighted by Gasteiger charge is 2.15. The van der Waals surface area contributed by atoms with E-state index in [4.69, 9.17) is 14.2 Å². The van der Waals surface area contributed by atoms with E-state index in [1.54, 1.807) is 20.8 Å². The maximum atomic E-state index is 11.5. The molecule has 0 unspecified atom stereocenters. The molecule has 0 aromatic heterocycles. The summed E-state index contributed by atoms with van der Waals surface area (Å²) in [7, 11) is 0. The third-order valence-electron chi connectivity index (χ3n) is 3.21. The Balaban J connectivity index is 2.05. The predicted molar refractivity (Wildman–Crippen MR) is 97.8 cm³/mol. The van der Waals surface area contributed by atoms with Crippen LogP contribution in [0.3, 0.4) is 0 Å². The summed E-state index contributed by atoms with van der Waals surface area (Å²) in [5, 5.41) is 13.2. The monoisotopic (exact) mass is 382 g/mol. The molecule has 9 nitrogen and oxygen atoms in total. The van der Waals surface area contributed by atoms with Crippen molar-refractivity contribution in [2.24, 2.45) is 0 Å². The second-order valence-electron chi connectivity index (χ2n) is 6.79. The van der Waals surface area contributed by atoms with Crippen LogP contribution >= 0.6 is 0 Å². The summed E-state index contributed by atoms with van der Waals surface area (Å²) < 4.78 is 15.0. The van der Waals surface area contributed by atoms with Gasteiger partial charge >= 0.3 is 12.2 Å². The molecule has 1 amide bonds. The topological polar surface area (TPSA) is 117 Å². The molecule has 150 valence electrons. The van der Waals surface area contributed by atoms with Crippen LogP contribution in [0.15, 0.2) is 24.3 Å². The van der Waals surface area contributed by atoms with Gasteiger partial charge in [0.05, 0.1) is 11.5 Å². The van der Waals surface area contributed by atoms with E-state index in [-0.39, 0.29) is 18.0 Å². The highest BCUT2D eigenvalue weighted by atomic mass is 16.7. The average Bonchev–Trinajstić information content (AvgIpc) is 2.56. The van der Waals surface area contributed by atoms with Gasteiger partial charge in [0.1, 0.15) is 11.4 Å². The summed E-state index contributed by atoms with van der Waals surface area (Å²) in [5.74, 6) is 0.179. The van der Waals surface area contributed by atoms with Crippen LogP contribution in [0.1, 0.15) is 46.5 Å². The maximum Gasteiger partial charge on any atom is 0.513 e. The number of nitrogens with one attached hydrogen (secondary N) is 1. The van der Waals surface area contributed by atoms with Crippen LogP contribution in [0, 0.1) is 10.1 Å². The van der Waals surface area contributed by atoms with Gasteiger partial charge in [-0.1, -0.05) is 6.42 Å².